The van der Waals surface area contributed by atoms with Crippen LogP contribution in [0.3, 0.4) is 0 Å². The van der Waals surface area contributed by atoms with E-state index >= 15 is 0 Å². The fraction of sp³-hybridized carbons (Fsp3) is 0.632. The van der Waals surface area contributed by atoms with Gasteiger partial charge in [-0.05, 0) is 55.7 Å². The molecule has 5 nitrogen and oxygen atoms in total. The fourth-order valence-electron chi connectivity index (χ4n) is 4.97. The molecule has 126 valence electrons. The molecular formula is C19H23N3O2. The minimum absolute atomic E-state index is 0.0541. The molecule has 2 fully saturated rings. The molecule has 1 unspecified atom stereocenters. The Morgan fingerprint density at radius 2 is 2.21 bits per heavy atom. The molecule has 1 aromatic rings. The monoisotopic (exact) mass is 325 g/mol. The summed E-state index contributed by atoms with van der Waals surface area (Å²) in [5, 5.41) is 21.1. The second-order valence-corrected chi connectivity index (χ2v) is 8.03. The zero-order valence-electron chi connectivity index (χ0n) is 14.3. The van der Waals surface area contributed by atoms with E-state index in [1.165, 1.54) is 19.4 Å². The average molecular weight is 325 g/mol. The first-order valence-electron chi connectivity index (χ1n) is 8.90. The highest BCUT2D eigenvalue weighted by molar-refractivity contribution is 5.61. The summed E-state index contributed by atoms with van der Waals surface area (Å²) in [6.45, 7) is 6.61. The van der Waals surface area contributed by atoms with E-state index in [1.54, 1.807) is 6.07 Å². The van der Waals surface area contributed by atoms with Gasteiger partial charge in [0.25, 0.3) is 5.69 Å². The van der Waals surface area contributed by atoms with Crippen LogP contribution in [0.1, 0.15) is 49.8 Å². The van der Waals surface area contributed by atoms with Crippen molar-refractivity contribution in [3.05, 3.63) is 38.9 Å². The van der Waals surface area contributed by atoms with E-state index in [-0.39, 0.29) is 21.6 Å². The quantitative estimate of drug-likeness (QED) is 0.631. The van der Waals surface area contributed by atoms with Crippen LogP contribution < -0.4 is 0 Å². The van der Waals surface area contributed by atoms with Crippen molar-refractivity contribution in [2.75, 3.05) is 13.1 Å². The Hall–Kier alpha value is -1.93. The van der Waals surface area contributed by atoms with Gasteiger partial charge in [0.2, 0.25) is 0 Å². The van der Waals surface area contributed by atoms with Gasteiger partial charge >= 0.3 is 0 Å². The second-order valence-electron chi connectivity index (χ2n) is 8.03. The molecule has 1 aliphatic heterocycles. The first kappa shape index (κ1) is 15.6. The van der Waals surface area contributed by atoms with Crippen LogP contribution in [-0.4, -0.2) is 29.0 Å². The van der Waals surface area contributed by atoms with E-state index in [4.69, 9.17) is 0 Å². The number of nitro groups is 1. The molecule has 1 saturated carbocycles. The molecule has 1 saturated heterocycles. The van der Waals surface area contributed by atoms with Crippen LogP contribution in [0.25, 0.3) is 0 Å². The largest absolute Gasteiger partial charge is 0.299 e. The number of nitro benzene ring substituents is 1. The lowest BCUT2D eigenvalue weighted by Crippen LogP contribution is -2.58. The van der Waals surface area contributed by atoms with Crippen molar-refractivity contribution in [3.8, 4) is 6.07 Å². The topological polar surface area (TPSA) is 70.2 Å². The smallest absolute Gasteiger partial charge is 0.291 e. The lowest BCUT2D eigenvalue weighted by molar-refractivity contribution is -0.386. The number of benzene rings is 1. The van der Waals surface area contributed by atoms with Gasteiger partial charge in [0.15, 0.2) is 0 Å². The Bertz CT molecular complexity index is 750. The molecule has 24 heavy (non-hydrogen) atoms. The highest BCUT2D eigenvalue weighted by atomic mass is 16.6. The number of likely N-dealkylation sites (tertiary alicyclic amines) is 1. The summed E-state index contributed by atoms with van der Waals surface area (Å²) in [5.41, 5.74) is 1.95. The lowest BCUT2D eigenvalue weighted by Gasteiger charge is -2.54. The van der Waals surface area contributed by atoms with Crippen LogP contribution in [-0.2, 0) is 11.8 Å². The standard InChI is InChI=1S/C19H23N3O2/c1-12-16-9-14-5-6-15(10-20)18(22(23)24)17(14)19(12,2)7-8-21(16)11-13-3-4-13/h5-6,12-13,16H,3-4,7-9,11H2,1-2H3/t12?,16-,19-/m0/s1. The maximum Gasteiger partial charge on any atom is 0.291 e. The number of rotatable bonds is 3. The second kappa shape index (κ2) is 5.29. The van der Waals surface area contributed by atoms with Crippen molar-refractivity contribution in [2.24, 2.45) is 11.8 Å². The van der Waals surface area contributed by atoms with Crippen LogP contribution >= 0.6 is 0 Å². The van der Waals surface area contributed by atoms with Gasteiger partial charge in [-0.2, -0.15) is 5.26 Å². The number of fused-ring (bicyclic) bond motifs is 4. The number of hydrogen-bond acceptors (Lipinski definition) is 4. The van der Waals surface area contributed by atoms with Crippen molar-refractivity contribution in [1.82, 2.24) is 4.90 Å². The van der Waals surface area contributed by atoms with Crippen LogP contribution in [0.2, 0.25) is 0 Å². The zero-order chi connectivity index (χ0) is 17.1. The summed E-state index contributed by atoms with van der Waals surface area (Å²) < 4.78 is 0. The third-order valence-corrected chi connectivity index (χ3v) is 6.73. The Labute approximate surface area is 142 Å². The average Bonchev–Trinajstić information content (AvgIpc) is 3.36. The third kappa shape index (κ3) is 2.16. The summed E-state index contributed by atoms with van der Waals surface area (Å²) >= 11 is 0. The zero-order valence-corrected chi connectivity index (χ0v) is 14.3. The Balaban J connectivity index is 1.83. The van der Waals surface area contributed by atoms with Gasteiger partial charge < -0.3 is 0 Å². The van der Waals surface area contributed by atoms with E-state index in [9.17, 15) is 15.4 Å². The highest BCUT2D eigenvalue weighted by Crippen LogP contribution is 2.52. The maximum absolute atomic E-state index is 11.7. The molecule has 0 N–H and O–H groups in total. The van der Waals surface area contributed by atoms with E-state index < -0.39 is 0 Å². The van der Waals surface area contributed by atoms with Gasteiger partial charge in [-0.3, -0.25) is 15.0 Å². The summed E-state index contributed by atoms with van der Waals surface area (Å²) in [7, 11) is 0. The molecule has 2 aliphatic carbocycles. The number of nitrogens with zero attached hydrogens (tertiary/aromatic N) is 3. The number of nitriles is 1. The molecule has 0 radical (unpaired) electrons. The summed E-state index contributed by atoms with van der Waals surface area (Å²) in [6, 6.07) is 6.08. The van der Waals surface area contributed by atoms with Gasteiger partial charge in [-0.1, -0.05) is 19.9 Å². The molecule has 3 aliphatic rings. The molecule has 2 bridgehead atoms. The third-order valence-electron chi connectivity index (χ3n) is 6.73. The van der Waals surface area contributed by atoms with Crippen molar-refractivity contribution in [1.29, 1.82) is 5.26 Å². The van der Waals surface area contributed by atoms with E-state index in [1.807, 2.05) is 12.1 Å². The normalized spacial score (nSPS) is 32.0. The van der Waals surface area contributed by atoms with Crippen molar-refractivity contribution in [3.63, 3.8) is 0 Å². The summed E-state index contributed by atoms with van der Waals surface area (Å²) in [6.07, 6.45) is 4.50. The van der Waals surface area contributed by atoms with Gasteiger partial charge in [0, 0.05) is 23.6 Å². The number of piperidine rings is 1. The predicted octanol–water partition coefficient (Wildman–Crippen LogP) is 3.40. The molecule has 1 heterocycles. The molecule has 0 aromatic heterocycles. The Kier molecular flexibility index (Phi) is 3.43. The van der Waals surface area contributed by atoms with E-state index in [2.05, 4.69) is 18.7 Å². The van der Waals surface area contributed by atoms with Crippen molar-refractivity contribution in [2.45, 2.75) is 51.0 Å². The molecular weight excluding hydrogens is 302 g/mol. The van der Waals surface area contributed by atoms with Crippen LogP contribution in [0.5, 0.6) is 0 Å². The van der Waals surface area contributed by atoms with Gasteiger partial charge in [0.05, 0.1) is 4.92 Å². The van der Waals surface area contributed by atoms with Gasteiger partial charge in [-0.15, -0.1) is 0 Å². The number of hydrogen-bond donors (Lipinski definition) is 0. The summed E-state index contributed by atoms with van der Waals surface area (Å²) in [5.74, 6) is 1.23. The Morgan fingerprint density at radius 3 is 2.83 bits per heavy atom. The van der Waals surface area contributed by atoms with Gasteiger partial charge in [-0.25, -0.2) is 0 Å². The molecule has 5 heteroatoms. The van der Waals surface area contributed by atoms with E-state index in [0.717, 1.165) is 36.4 Å². The van der Waals surface area contributed by atoms with Crippen molar-refractivity contribution < 1.29 is 4.92 Å². The molecule has 1 aromatic carbocycles. The SMILES string of the molecule is CC1[C@@H]2Cc3ccc(C#N)c([N+](=O)[O-])c3[C@@]1(C)CCN2CC1CC1. The molecule has 0 amide bonds. The maximum atomic E-state index is 11.7. The predicted molar refractivity (Wildman–Crippen MR) is 90.7 cm³/mol. The fourth-order valence-corrected chi connectivity index (χ4v) is 4.97. The van der Waals surface area contributed by atoms with E-state index in [0.29, 0.717) is 12.0 Å². The Morgan fingerprint density at radius 1 is 1.46 bits per heavy atom. The van der Waals surface area contributed by atoms with Crippen molar-refractivity contribution >= 4 is 5.69 Å². The molecule has 3 atom stereocenters. The van der Waals surface area contributed by atoms with Crippen LogP contribution in [0.15, 0.2) is 12.1 Å². The first-order chi connectivity index (χ1) is 11.5. The van der Waals surface area contributed by atoms with Crippen LogP contribution in [0, 0.1) is 33.3 Å². The van der Waals surface area contributed by atoms with Gasteiger partial charge in [0.1, 0.15) is 11.6 Å². The highest BCUT2D eigenvalue weighted by Gasteiger charge is 2.52. The molecule has 0 spiro atoms. The first-order valence-corrected chi connectivity index (χ1v) is 8.90. The minimum atomic E-state index is -0.341. The molecule has 4 rings (SSSR count). The lowest BCUT2D eigenvalue weighted by atomic mass is 9.58. The summed E-state index contributed by atoms with van der Waals surface area (Å²) in [4.78, 5) is 14.0. The van der Waals surface area contributed by atoms with Crippen LogP contribution in [0.4, 0.5) is 5.69 Å². The minimum Gasteiger partial charge on any atom is -0.299 e.